The van der Waals surface area contributed by atoms with Crippen LogP contribution in [0.2, 0.25) is 0 Å². The van der Waals surface area contributed by atoms with Gasteiger partial charge in [-0.2, -0.15) is 17.8 Å². The first-order chi connectivity index (χ1) is 14.9. The van der Waals surface area contributed by atoms with Gasteiger partial charge in [-0.15, -0.1) is 6.04 Å². The summed E-state index contributed by atoms with van der Waals surface area (Å²) in [5, 5.41) is 18.1. The first-order valence-corrected chi connectivity index (χ1v) is 18.2. The van der Waals surface area contributed by atoms with Crippen molar-refractivity contribution < 1.29 is 25.1 Å². The summed E-state index contributed by atoms with van der Waals surface area (Å²) in [6.45, 7) is 1.97. The molecule has 0 saturated carbocycles. The van der Waals surface area contributed by atoms with E-state index in [1.54, 1.807) is 6.21 Å². The van der Waals surface area contributed by atoms with Crippen LogP contribution in [0.5, 0.6) is 0 Å². The van der Waals surface area contributed by atoms with Crippen molar-refractivity contribution in [3.63, 3.8) is 0 Å². The van der Waals surface area contributed by atoms with E-state index in [-0.39, 0.29) is 42.4 Å². The Hall–Kier alpha value is -1.17. The van der Waals surface area contributed by atoms with Gasteiger partial charge < -0.3 is 26.3 Å². The summed E-state index contributed by atoms with van der Waals surface area (Å²) < 4.78 is 0. The first kappa shape index (κ1) is 26.1. The Morgan fingerprint density at radius 1 is 1.06 bits per heavy atom. The second kappa shape index (κ2) is 14.1. The number of allylic oxidation sites excluding steroid dienone is 1. The van der Waals surface area contributed by atoms with E-state index in [0.29, 0.717) is 13.1 Å². The number of halogens is 2. The maximum atomic E-state index is 5.49. The number of nitrogens with zero attached hydrogens (tertiary/aromatic N) is 4. The van der Waals surface area contributed by atoms with Crippen molar-refractivity contribution in [3.8, 4) is 0 Å². The molecule has 2 saturated heterocycles. The molecule has 3 aliphatic heterocycles. The van der Waals surface area contributed by atoms with Crippen LogP contribution >= 0.6 is 19.4 Å². The van der Waals surface area contributed by atoms with Crippen molar-refractivity contribution in [2.24, 2.45) is 27.9 Å². The molecule has 0 aromatic rings. The zero-order valence-corrected chi connectivity index (χ0v) is 22.0. The van der Waals surface area contributed by atoms with Crippen LogP contribution in [0.25, 0.3) is 16.0 Å². The number of nitrogens with two attached hydrogens (primary N) is 4. The second-order valence-electron chi connectivity index (χ2n) is 7.41. The van der Waals surface area contributed by atoms with Crippen LogP contribution in [-0.4, -0.2) is 68.2 Å². The predicted octanol–water partition coefficient (Wildman–Crippen LogP) is -2.90. The second-order valence-corrected chi connectivity index (χ2v) is 12.0. The summed E-state index contributed by atoms with van der Waals surface area (Å²) in [6, 6.07) is 0.501. The number of aliphatic imine (C=N–C) groups is 1. The van der Waals surface area contributed by atoms with E-state index in [1.807, 2.05) is 6.08 Å². The van der Waals surface area contributed by atoms with Gasteiger partial charge >= 0.3 is 46.4 Å². The quantitative estimate of drug-likeness (QED) is 0.110. The van der Waals surface area contributed by atoms with E-state index in [9.17, 15) is 0 Å². The molecule has 0 amide bonds. The molecular formula is C17H32Cl2N11Zn-. The summed E-state index contributed by atoms with van der Waals surface area (Å²) in [6.07, 6.45) is 7.67. The zero-order valence-electron chi connectivity index (χ0n) is 17.6. The van der Waals surface area contributed by atoms with Crippen molar-refractivity contribution in [3.05, 3.63) is 27.7 Å². The van der Waals surface area contributed by atoms with E-state index in [2.05, 4.69) is 20.3 Å². The van der Waals surface area contributed by atoms with Gasteiger partial charge in [-0.1, -0.05) is 37.9 Å². The fourth-order valence-electron chi connectivity index (χ4n) is 3.78. The van der Waals surface area contributed by atoms with Crippen molar-refractivity contribution in [1.29, 1.82) is 0 Å². The molecular weight excluding hydrogens is 495 g/mol. The summed E-state index contributed by atoms with van der Waals surface area (Å²) >= 11 is -0.931. The Bertz CT molecular complexity index is 664. The fourth-order valence-corrected chi connectivity index (χ4v) is 3.78. The molecule has 2 fully saturated rings. The number of nitrogens with one attached hydrogen (secondary N) is 3. The molecule has 5 atom stereocenters. The Morgan fingerprint density at radius 2 is 1.74 bits per heavy atom. The van der Waals surface area contributed by atoms with Gasteiger partial charge in [0.25, 0.3) is 0 Å². The minimum absolute atomic E-state index is 0.00410. The third-order valence-corrected chi connectivity index (χ3v) is 5.12. The standard InChI is InChI=1S/C17H30N11.2ClH.Zn/c18-16(19)24-8-14-22-6-4-12(27-14)10-2-1-3-11(26-10)13-5-7-23-15(28-13)9-25-17(20)21;;;/h4,6,10-11,13-15,23H,1-3,5,7-9H2,(H4,18,19,24)(H4,20,21,25);2*1H;/q-3;;;+2. The molecule has 0 bridgehead atoms. The monoisotopic (exact) mass is 524 g/mol. The number of piperidine rings is 1. The summed E-state index contributed by atoms with van der Waals surface area (Å²) in [5.74, 6) is 0.390. The molecule has 14 heteroatoms. The van der Waals surface area contributed by atoms with Gasteiger partial charge in [0.1, 0.15) is 0 Å². The van der Waals surface area contributed by atoms with Gasteiger partial charge in [-0.3, -0.25) is 32.9 Å². The Kier molecular flexibility index (Phi) is 11.8. The molecule has 0 aromatic heterocycles. The molecule has 3 rings (SSSR count). The van der Waals surface area contributed by atoms with Crippen LogP contribution in [0.1, 0.15) is 25.7 Å². The van der Waals surface area contributed by atoms with Gasteiger partial charge in [0, 0.05) is 12.4 Å². The molecule has 3 heterocycles. The summed E-state index contributed by atoms with van der Waals surface area (Å²) in [7, 11) is 9.90. The Labute approximate surface area is 199 Å². The normalized spacial score (nSPS) is 29.9. The first-order valence-electron chi connectivity index (χ1n) is 10.4. The Balaban J connectivity index is 0.00000107. The summed E-state index contributed by atoms with van der Waals surface area (Å²) in [4.78, 5) is 10.2. The van der Waals surface area contributed by atoms with Gasteiger partial charge in [0.05, 0.1) is 13.1 Å². The third-order valence-electron chi connectivity index (χ3n) is 5.12. The van der Waals surface area contributed by atoms with Crippen LogP contribution < -0.4 is 38.2 Å². The average molecular weight is 527 g/mol. The SMILES string of the molecule is NC(N)=[NH+]CC1N=CC=C(C2CCCC(C3CCNC(C[NH+]=C(N)N)[N-]3)[N-]2)[N-]1.[Cl][Zn][Cl]. The fraction of sp³-hybridized carbons (Fsp3) is 0.706. The van der Waals surface area contributed by atoms with Crippen LogP contribution in [0.4, 0.5) is 0 Å². The molecule has 31 heavy (non-hydrogen) atoms. The van der Waals surface area contributed by atoms with Gasteiger partial charge in [0.15, 0.2) is 0 Å². The molecule has 11 nitrogen and oxygen atoms in total. The van der Waals surface area contributed by atoms with Crippen LogP contribution in [0.3, 0.4) is 0 Å². The number of guanidine groups is 2. The molecule has 0 aliphatic carbocycles. The topological polar surface area (TPSA) is 199 Å². The minimum atomic E-state index is -0.931. The van der Waals surface area contributed by atoms with Crippen molar-refractivity contribution in [1.82, 2.24) is 5.32 Å². The van der Waals surface area contributed by atoms with Gasteiger partial charge in [-0.25, -0.2) is 0 Å². The molecule has 11 N–H and O–H groups in total. The molecule has 0 aromatic carbocycles. The molecule has 3 aliphatic rings. The van der Waals surface area contributed by atoms with Crippen LogP contribution in [0.15, 0.2) is 16.8 Å². The van der Waals surface area contributed by atoms with Gasteiger partial charge in [0.2, 0.25) is 0 Å². The summed E-state index contributed by atoms with van der Waals surface area (Å²) in [5.41, 5.74) is 22.9. The maximum absolute atomic E-state index is 5.49. The average Bonchev–Trinajstić information content (AvgIpc) is 2.77. The van der Waals surface area contributed by atoms with E-state index in [1.165, 1.54) is 0 Å². The number of hydrogen-bond donors (Lipinski definition) is 7. The van der Waals surface area contributed by atoms with Gasteiger partial charge in [-0.05, 0) is 6.54 Å². The molecule has 0 spiro atoms. The van der Waals surface area contributed by atoms with Crippen LogP contribution in [-0.2, 0) is 15.1 Å². The number of hydrogen-bond acceptors (Lipinski definition) is 2. The van der Waals surface area contributed by atoms with E-state index in [0.717, 1.165) is 37.9 Å². The molecule has 0 radical (unpaired) electrons. The number of rotatable bonds is 6. The predicted molar refractivity (Wildman–Crippen MR) is 122 cm³/mol. The molecule has 5 unspecified atom stereocenters. The zero-order chi connectivity index (χ0) is 22.6. The van der Waals surface area contributed by atoms with E-state index >= 15 is 0 Å². The van der Waals surface area contributed by atoms with Crippen molar-refractivity contribution >= 4 is 37.5 Å². The third kappa shape index (κ3) is 9.47. The van der Waals surface area contributed by atoms with Crippen molar-refractivity contribution in [2.45, 2.75) is 56.1 Å². The van der Waals surface area contributed by atoms with Crippen molar-refractivity contribution in [2.75, 3.05) is 19.6 Å². The Morgan fingerprint density at radius 3 is 2.45 bits per heavy atom. The van der Waals surface area contributed by atoms with E-state index < -0.39 is 15.1 Å². The van der Waals surface area contributed by atoms with Crippen LogP contribution in [0, 0.1) is 0 Å². The van der Waals surface area contributed by atoms with E-state index in [4.69, 9.17) is 58.3 Å². The molecule has 172 valence electrons.